The van der Waals surface area contributed by atoms with Crippen molar-refractivity contribution >= 4 is 27.3 Å². The lowest BCUT2D eigenvalue weighted by atomic mass is 9.98. The van der Waals surface area contributed by atoms with E-state index in [2.05, 4.69) is 4.98 Å². The maximum Gasteiger partial charge on any atom is 0.309 e. The molecule has 1 saturated heterocycles. The first-order valence-corrected chi connectivity index (χ1v) is 12.0. The molecule has 7 nitrogen and oxygen atoms in total. The molecule has 158 valence electrons. The van der Waals surface area contributed by atoms with Gasteiger partial charge in [0, 0.05) is 18.7 Å². The van der Waals surface area contributed by atoms with Gasteiger partial charge in [0.2, 0.25) is 5.89 Å². The minimum Gasteiger partial charge on any atom is -0.459 e. The predicted molar refractivity (Wildman–Crippen MR) is 112 cm³/mol. The minimum absolute atomic E-state index is 0.0364. The first-order valence-electron chi connectivity index (χ1n) is 9.67. The predicted octanol–water partition coefficient (Wildman–Crippen LogP) is 3.86. The Hall–Kier alpha value is -2.49. The van der Waals surface area contributed by atoms with Crippen LogP contribution in [0.5, 0.6) is 0 Å². The maximum absolute atomic E-state index is 12.6. The number of ether oxygens (including phenoxy) is 1. The molecule has 3 aromatic rings. The fourth-order valence-electron chi connectivity index (χ4n) is 3.39. The summed E-state index contributed by atoms with van der Waals surface area (Å²) in [5.74, 6) is 0.456. The van der Waals surface area contributed by atoms with E-state index >= 15 is 0 Å². The number of piperidine rings is 1. The van der Waals surface area contributed by atoms with Crippen LogP contribution in [0, 0.1) is 12.8 Å². The van der Waals surface area contributed by atoms with Crippen LogP contribution in [0.15, 0.2) is 56.5 Å². The molecule has 0 amide bonds. The highest BCUT2D eigenvalue weighted by molar-refractivity contribution is 7.91. The van der Waals surface area contributed by atoms with Gasteiger partial charge in [-0.2, -0.15) is 4.31 Å². The van der Waals surface area contributed by atoms with E-state index in [0.717, 1.165) is 5.56 Å². The molecule has 0 atom stereocenters. The number of esters is 1. The van der Waals surface area contributed by atoms with Gasteiger partial charge < -0.3 is 9.15 Å². The Morgan fingerprint density at radius 3 is 2.60 bits per heavy atom. The summed E-state index contributed by atoms with van der Waals surface area (Å²) < 4.78 is 38.1. The summed E-state index contributed by atoms with van der Waals surface area (Å²) in [7, 11) is -3.47. The standard InChI is InChI=1S/C21H22N2O5S2/c1-15-18(22-20(28-15)16-6-3-2-4-7-16)14-27-21(24)17-9-11-23(12-10-17)30(25,26)19-8-5-13-29-19/h2-8,13,17H,9-12,14H2,1H3. The Kier molecular flexibility index (Phi) is 6.03. The van der Waals surface area contributed by atoms with Gasteiger partial charge in [-0.05, 0) is 43.3 Å². The average Bonchev–Trinajstić information content (AvgIpc) is 3.43. The third-order valence-corrected chi connectivity index (χ3v) is 8.41. The molecule has 0 unspecified atom stereocenters. The van der Waals surface area contributed by atoms with Crippen LogP contribution < -0.4 is 0 Å². The third-order valence-electron chi connectivity index (χ3n) is 5.14. The van der Waals surface area contributed by atoms with Gasteiger partial charge in [-0.1, -0.05) is 24.3 Å². The number of hydrogen-bond acceptors (Lipinski definition) is 7. The lowest BCUT2D eigenvalue weighted by Gasteiger charge is -2.29. The van der Waals surface area contributed by atoms with Crippen LogP contribution in [0.3, 0.4) is 0 Å². The summed E-state index contributed by atoms with van der Waals surface area (Å²) in [6.07, 6.45) is 0.882. The largest absolute Gasteiger partial charge is 0.459 e. The molecule has 4 rings (SSSR count). The molecule has 9 heteroatoms. The summed E-state index contributed by atoms with van der Waals surface area (Å²) in [6.45, 7) is 2.44. The minimum atomic E-state index is -3.47. The van der Waals surface area contributed by atoms with Crippen LogP contribution in [-0.2, 0) is 26.2 Å². The topological polar surface area (TPSA) is 89.7 Å². The van der Waals surface area contributed by atoms with Crippen molar-refractivity contribution in [2.24, 2.45) is 5.92 Å². The van der Waals surface area contributed by atoms with Crippen LogP contribution >= 0.6 is 11.3 Å². The van der Waals surface area contributed by atoms with Gasteiger partial charge in [-0.3, -0.25) is 4.79 Å². The van der Waals surface area contributed by atoms with Gasteiger partial charge in [-0.25, -0.2) is 13.4 Å². The highest BCUT2D eigenvalue weighted by Gasteiger charge is 2.33. The molecule has 30 heavy (non-hydrogen) atoms. The molecule has 0 radical (unpaired) electrons. The Morgan fingerprint density at radius 2 is 1.93 bits per heavy atom. The SMILES string of the molecule is Cc1oc(-c2ccccc2)nc1COC(=O)C1CCN(S(=O)(=O)c2cccs2)CC1. The van der Waals surface area contributed by atoms with Gasteiger partial charge in [0.15, 0.2) is 0 Å². The van der Waals surface area contributed by atoms with Crippen molar-refractivity contribution in [2.45, 2.75) is 30.6 Å². The molecular weight excluding hydrogens is 424 g/mol. The quantitative estimate of drug-likeness (QED) is 0.534. The number of rotatable bonds is 6. The smallest absolute Gasteiger partial charge is 0.309 e. The van der Waals surface area contributed by atoms with Gasteiger partial charge in [0.25, 0.3) is 10.0 Å². The summed E-state index contributed by atoms with van der Waals surface area (Å²) in [4.78, 5) is 16.9. The number of aromatic nitrogens is 1. The summed E-state index contributed by atoms with van der Waals surface area (Å²) in [6, 6.07) is 12.8. The maximum atomic E-state index is 12.6. The van der Waals surface area contributed by atoms with Crippen LogP contribution in [0.2, 0.25) is 0 Å². The van der Waals surface area contributed by atoms with Crippen LogP contribution in [0.1, 0.15) is 24.3 Å². The highest BCUT2D eigenvalue weighted by atomic mass is 32.2. The molecule has 0 aliphatic carbocycles. The molecule has 2 aromatic heterocycles. The molecule has 1 aromatic carbocycles. The van der Waals surface area contributed by atoms with Crippen molar-refractivity contribution in [3.8, 4) is 11.5 Å². The monoisotopic (exact) mass is 446 g/mol. The lowest BCUT2D eigenvalue weighted by Crippen LogP contribution is -2.40. The van der Waals surface area contributed by atoms with Crippen molar-refractivity contribution in [1.82, 2.24) is 9.29 Å². The second-order valence-corrected chi connectivity index (χ2v) is 10.2. The van der Waals surface area contributed by atoms with Crippen molar-refractivity contribution in [1.29, 1.82) is 0 Å². The van der Waals surface area contributed by atoms with Gasteiger partial charge in [0.1, 0.15) is 22.3 Å². The van der Waals surface area contributed by atoms with E-state index in [1.165, 1.54) is 15.6 Å². The average molecular weight is 447 g/mol. The number of nitrogens with zero attached hydrogens (tertiary/aromatic N) is 2. The highest BCUT2D eigenvalue weighted by Crippen LogP contribution is 2.27. The zero-order chi connectivity index (χ0) is 21.1. The first kappa shape index (κ1) is 20.8. The van der Waals surface area contributed by atoms with E-state index in [0.29, 0.717) is 47.5 Å². The zero-order valence-corrected chi connectivity index (χ0v) is 18.1. The van der Waals surface area contributed by atoms with Crippen LogP contribution in [0.4, 0.5) is 0 Å². The van der Waals surface area contributed by atoms with Crippen molar-refractivity contribution in [3.63, 3.8) is 0 Å². The molecule has 3 heterocycles. The van der Waals surface area contributed by atoms with E-state index in [1.807, 2.05) is 30.3 Å². The second-order valence-electron chi connectivity index (χ2n) is 7.11. The fraction of sp³-hybridized carbons (Fsp3) is 0.333. The number of hydrogen-bond donors (Lipinski definition) is 0. The van der Waals surface area contributed by atoms with E-state index < -0.39 is 10.0 Å². The first-order chi connectivity index (χ1) is 14.4. The van der Waals surface area contributed by atoms with Gasteiger partial charge in [-0.15, -0.1) is 11.3 Å². The lowest BCUT2D eigenvalue weighted by molar-refractivity contribution is -0.151. The van der Waals surface area contributed by atoms with Crippen molar-refractivity contribution in [3.05, 3.63) is 59.3 Å². The normalized spacial score (nSPS) is 15.9. The van der Waals surface area contributed by atoms with Crippen molar-refractivity contribution in [2.75, 3.05) is 13.1 Å². The summed E-state index contributed by atoms with van der Waals surface area (Å²) >= 11 is 1.20. The van der Waals surface area contributed by atoms with Crippen LogP contribution in [-0.4, -0.2) is 36.8 Å². The second kappa shape index (κ2) is 8.71. The van der Waals surface area contributed by atoms with Crippen LogP contribution in [0.25, 0.3) is 11.5 Å². The molecule has 1 fully saturated rings. The van der Waals surface area contributed by atoms with E-state index in [4.69, 9.17) is 9.15 Å². The molecule has 0 saturated carbocycles. The molecular formula is C21H22N2O5S2. The Morgan fingerprint density at radius 1 is 1.20 bits per heavy atom. The Labute approximate surface area is 179 Å². The number of oxazole rings is 1. The number of benzene rings is 1. The number of sulfonamides is 1. The van der Waals surface area contributed by atoms with Gasteiger partial charge >= 0.3 is 5.97 Å². The third kappa shape index (κ3) is 4.33. The van der Waals surface area contributed by atoms with E-state index in [9.17, 15) is 13.2 Å². The molecule has 0 bridgehead atoms. The molecule has 1 aliphatic heterocycles. The fourth-order valence-corrected chi connectivity index (χ4v) is 6.01. The van der Waals surface area contributed by atoms with E-state index in [1.54, 1.807) is 24.4 Å². The van der Waals surface area contributed by atoms with Gasteiger partial charge in [0.05, 0.1) is 5.92 Å². The molecule has 0 spiro atoms. The number of carbonyl (C=O) groups is 1. The number of carbonyl (C=O) groups excluding carboxylic acids is 1. The zero-order valence-electron chi connectivity index (χ0n) is 16.5. The van der Waals surface area contributed by atoms with E-state index in [-0.39, 0.29) is 18.5 Å². The summed E-state index contributed by atoms with van der Waals surface area (Å²) in [5.41, 5.74) is 1.44. The Bertz CT molecular complexity index is 1100. The summed E-state index contributed by atoms with van der Waals surface area (Å²) in [5, 5.41) is 1.74. The molecule has 1 aliphatic rings. The van der Waals surface area contributed by atoms with Crippen molar-refractivity contribution < 1.29 is 22.4 Å². The number of aryl methyl sites for hydroxylation is 1. The molecule has 0 N–H and O–H groups in total. The Balaban J connectivity index is 1.32. The number of thiophene rings is 1.